The van der Waals surface area contributed by atoms with E-state index in [2.05, 4.69) is 20.3 Å². The number of hydrogen-bond acceptors (Lipinski definition) is 9. The van der Waals surface area contributed by atoms with E-state index >= 15 is 0 Å². The lowest BCUT2D eigenvalue weighted by atomic mass is 10.1. The number of aromatic nitrogens is 4. The van der Waals surface area contributed by atoms with Gasteiger partial charge in [-0.3, -0.25) is 4.57 Å². The van der Waals surface area contributed by atoms with Crippen molar-refractivity contribution in [2.24, 2.45) is 0 Å². The van der Waals surface area contributed by atoms with Gasteiger partial charge in [-0.05, 0) is 12.5 Å². The number of rotatable bonds is 5. The number of ether oxygens (including phenoxy) is 1. The smallest absolute Gasteiger partial charge is 0.208 e. The Kier molecular flexibility index (Phi) is 4.85. The molecule has 0 aliphatic carbocycles. The molecule has 0 bridgehead atoms. The van der Waals surface area contributed by atoms with Gasteiger partial charge in [0.2, 0.25) is 5.95 Å². The van der Waals surface area contributed by atoms with Crippen molar-refractivity contribution in [1.29, 1.82) is 0 Å². The lowest BCUT2D eigenvalue weighted by molar-refractivity contribution is -0.0501. The molecule has 0 saturated carbocycles. The van der Waals surface area contributed by atoms with Crippen LogP contribution in [0.25, 0.3) is 11.2 Å². The third-order valence-electron chi connectivity index (χ3n) is 4.92. The van der Waals surface area contributed by atoms with Gasteiger partial charge in [0.15, 0.2) is 23.2 Å². The van der Waals surface area contributed by atoms with E-state index in [0.29, 0.717) is 17.1 Å². The normalized spacial score (nSPS) is 25.9. The van der Waals surface area contributed by atoms with Crippen LogP contribution in [0.2, 0.25) is 0 Å². The Bertz CT molecular complexity index is 965. The van der Waals surface area contributed by atoms with E-state index in [9.17, 15) is 15.3 Å². The summed E-state index contributed by atoms with van der Waals surface area (Å²) in [5.41, 5.74) is 7.68. The van der Waals surface area contributed by atoms with Gasteiger partial charge in [-0.25, -0.2) is 15.0 Å². The van der Waals surface area contributed by atoms with Crippen LogP contribution >= 0.6 is 0 Å². The minimum absolute atomic E-state index is 0.122. The lowest BCUT2D eigenvalue weighted by Crippen LogP contribution is -2.33. The summed E-state index contributed by atoms with van der Waals surface area (Å²) in [5, 5.41) is 33.3. The summed E-state index contributed by atoms with van der Waals surface area (Å²) in [4.78, 5) is 12.7. The van der Waals surface area contributed by atoms with E-state index in [-0.39, 0.29) is 11.9 Å². The molecular weight excluding hydrogens is 364 g/mol. The van der Waals surface area contributed by atoms with Crippen LogP contribution in [0.5, 0.6) is 0 Å². The molecule has 0 unspecified atom stereocenters. The van der Waals surface area contributed by atoms with Crippen molar-refractivity contribution in [3.05, 3.63) is 42.2 Å². The van der Waals surface area contributed by atoms with Gasteiger partial charge in [0, 0.05) is 0 Å². The number of nitrogens with zero attached hydrogens (tertiary/aromatic N) is 4. The molecule has 0 amide bonds. The highest BCUT2D eigenvalue weighted by Gasteiger charge is 2.45. The first-order valence-electron chi connectivity index (χ1n) is 8.93. The second-order valence-electron chi connectivity index (χ2n) is 6.74. The second kappa shape index (κ2) is 7.32. The van der Waals surface area contributed by atoms with E-state index in [1.54, 1.807) is 0 Å². The molecule has 1 saturated heterocycles. The van der Waals surface area contributed by atoms with Gasteiger partial charge in [-0.15, -0.1) is 0 Å². The van der Waals surface area contributed by atoms with Gasteiger partial charge >= 0.3 is 0 Å². The number of aliphatic hydroxyl groups is 3. The standard InChI is InChI=1S/C18H22N6O4/c1-9(10-5-3-2-4-6-10)22-18-23-12-15(19)20-8-21-16(12)24(18)17-14(27)13(26)11(7-25)28-17/h2-6,8-9,11,13-14,17,25-27H,7H2,1H3,(H,22,23)(H2,19,20,21)/t9-,11-,13-,14-,17-/m1/s1. The van der Waals surface area contributed by atoms with E-state index in [4.69, 9.17) is 10.5 Å². The lowest BCUT2D eigenvalue weighted by Gasteiger charge is -2.22. The van der Waals surface area contributed by atoms with E-state index in [0.717, 1.165) is 5.56 Å². The molecule has 1 aromatic carbocycles. The quantitative estimate of drug-likeness (QED) is 0.414. The van der Waals surface area contributed by atoms with Crippen LogP contribution in [0, 0.1) is 0 Å². The molecule has 1 aliphatic heterocycles. The molecule has 2 aromatic heterocycles. The Morgan fingerprint density at radius 1 is 1.21 bits per heavy atom. The zero-order chi connectivity index (χ0) is 19.8. The topological polar surface area (TPSA) is 152 Å². The number of nitrogens with one attached hydrogen (secondary N) is 1. The van der Waals surface area contributed by atoms with Crippen molar-refractivity contribution >= 4 is 22.9 Å². The number of imidazole rings is 1. The number of aliphatic hydroxyl groups excluding tert-OH is 3. The van der Waals surface area contributed by atoms with E-state index in [1.165, 1.54) is 10.9 Å². The highest BCUT2D eigenvalue weighted by molar-refractivity contribution is 5.84. The highest BCUT2D eigenvalue weighted by atomic mass is 16.6. The fourth-order valence-electron chi connectivity index (χ4n) is 3.38. The molecule has 4 rings (SSSR count). The summed E-state index contributed by atoms with van der Waals surface area (Å²) in [6, 6.07) is 9.64. The fraction of sp³-hybridized carbons (Fsp3) is 0.389. The number of nitrogens with two attached hydrogens (primary N) is 1. The summed E-state index contributed by atoms with van der Waals surface area (Å²) in [7, 11) is 0. The SMILES string of the molecule is C[C@@H](Nc1nc2c(N)ncnc2n1[C@@H]1O[C@H](CO)[C@@H](O)[C@H]1O)c1ccccc1. The van der Waals surface area contributed by atoms with Crippen LogP contribution in [-0.4, -0.2) is 59.8 Å². The summed E-state index contributed by atoms with van der Waals surface area (Å²) in [6.45, 7) is 1.53. The molecule has 5 atom stereocenters. The average molecular weight is 386 g/mol. The first kappa shape index (κ1) is 18.6. The van der Waals surface area contributed by atoms with Crippen LogP contribution in [0.3, 0.4) is 0 Å². The Hall–Kier alpha value is -2.79. The fourth-order valence-corrected chi connectivity index (χ4v) is 3.38. The Balaban J connectivity index is 1.78. The summed E-state index contributed by atoms with van der Waals surface area (Å²) in [5.74, 6) is 0.541. The zero-order valence-corrected chi connectivity index (χ0v) is 15.2. The third-order valence-corrected chi connectivity index (χ3v) is 4.92. The summed E-state index contributed by atoms with van der Waals surface area (Å²) in [6.07, 6.45) is -3.15. The molecule has 10 heteroatoms. The largest absolute Gasteiger partial charge is 0.394 e. The van der Waals surface area contributed by atoms with Gasteiger partial charge in [0.1, 0.15) is 24.6 Å². The Morgan fingerprint density at radius 2 is 1.96 bits per heavy atom. The van der Waals surface area contributed by atoms with Crippen LogP contribution in [-0.2, 0) is 4.74 Å². The van der Waals surface area contributed by atoms with Crippen LogP contribution < -0.4 is 11.1 Å². The minimum Gasteiger partial charge on any atom is -0.394 e. The second-order valence-corrected chi connectivity index (χ2v) is 6.74. The molecule has 148 valence electrons. The third kappa shape index (κ3) is 3.06. The molecule has 0 radical (unpaired) electrons. The first-order chi connectivity index (χ1) is 13.5. The van der Waals surface area contributed by atoms with Gasteiger partial charge < -0.3 is 31.1 Å². The Morgan fingerprint density at radius 3 is 2.64 bits per heavy atom. The maximum atomic E-state index is 10.5. The van der Waals surface area contributed by atoms with Crippen molar-refractivity contribution < 1.29 is 20.1 Å². The zero-order valence-electron chi connectivity index (χ0n) is 15.2. The molecule has 0 spiro atoms. The van der Waals surface area contributed by atoms with Crippen LogP contribution in [0.15, 0.2) is 36.7 Å². The predicted molar refractivity (Wildman–Crippen MR) is 101 cm³/mol. The van der Waals surface area contributed by atoms with Gasteiger partial charge in [-0.2, -0.15) is 0 Å². The molecule has 10 nitrogen and oxygen atoms in total. The van der Waals surface area contributed by atoms with Crippen molar-refractivity contribution in [2.45, 2.75) is 37.5 Å². The van der Waals surface area contributed by atoms with Crippen LogP contribution in [0.1, 0.15) is 24.8 Å². The summed E-state index contributed by atoms with van der Waals surface area (Å²) < 4.78 is 7.23. The van der Waals surface area contributed by atoms with Gasteiger partial charge in [-0.1, -0.05) is 30.3 Å². The minimum atomic E-state index is -1.28. The molecule has 3 heterocycles. The first-order valence-corrected chi connectivity index (χ1v) is 8.93. The molecule has 1 aliphatic rings. The molecule has 28 heavy (non-hydrogen) atoms. The number of nitrogen functional groups attached to an aromatic ring is 1. The van der Waals surface area contributed by atoms with Gasteiger partial charge in [0.25, 0.3) is 0 Å². The Labute approximate surface area is 160 Å². The molecule has 1 fully saturated rings. The highest BCUT2D eigenvalue weighted by Crippen LogP contribution is 2.36. The number of hydrogen-bond donors (Lipinski definition) is 5. The van der Waals surface area contributed by atoms with E-state index in [1.807, 2.05) is 37.3 Å². The molecule has 6 N–H and O–H groups in total. The maximum Gasteiger partial charge on any atom is 0.208 e. The van der Waals surface area contributed by atoms with Crippen molar-refractivity contribution in [2.75, 3.05) is 17.7 Å². The summed E-state index contributed by atoms with van der Waals surface area (Å²) >= 11 is 0. The average Bonchev–Trinajstić information content (AvgIpc) is 3.21. The molecular formula is C18H22N6O4. The van der Waals surface area contributed by atoms with Crippen LogP contribution in [0.4, 0.5) is 11.8 Å². The number of benzene rings is 1. The van der Waals surface area contributed by atoms with E-state index < -0.39 is 31.1 Å². The monoisotopic (exact) mass is 386 g/mol. The van der Waals surface area contributed by atoms with Crippen molar-refractivity contribution in [1.82, 2.24) is 19.5 Å². The number of anilines is 2. The van der Waals surface area contributed by atoms with Crippen molar-refractivity contribution in [3.8, 4) is 0 Å². The predicted octanol–water partition coefficient (Wildman–Crippen LogP) is 0.193. The maximum absolute atomic E-state index is 10.5. The van der Waals surface area contributed by atoms with Crippen molar-refractivity contribution in [3.63, 3.8) is 0 Å². The molecule has 3 aromatic rings. The number of fused-ring (bicyclic) bond motifs is 1. The van der Waals surface area contributed by atoms with Gasteiger partial charge in [0.05, 0.1) is 12.6 Å².